The van der Waals surface area contributed by atoms with Gasteiger partial charge in [0.1, 0.15) is 5.75 Å². The van der Waals surface area contributed by atoms with Crippen molar-refractivity contribution < 1.29 is 9.53 Å². The molecule has 1 aromatic heterocycles. The molecule has 3 aromatic rings. The van der Waals surface area contributed by atoms with Gasteiger partial charge in [0.2, 0.25) is 0 Å². The molecular formula is C17H15N3O2S. The van der Waals surface area contributed by atoms with Crippen molar-refractivity contribution >= 4 is 28.1 Å². The minimum absolute atomic E-state index is 0.0438. The van der Waals surface area contributed by atoms with Crippen molar-refractivity contribution in [1.29, 1.82) is 0 Å². The molecule has 2 aromatic carbocycles. The number of aromatic nitrogens is 1. The van der Waals surface area contributed by atoms with Gasteiger partial charge < -0.3 is 15.8 Å². The van der Waals surface area contributed by atoms with Gasteiger partial charge in [-0.2, -0.15) is 0 Å². The van der Waals surface area contributed by atoms with Crippen molar-refractivity contribution in [3.05, 3.63) is 60.0 Å². The predicted octanol–water partition coefficient (Wildman–Crippen LogP) is 3.41. The Morgan fingerprint density at radius 1 is 1.17 bits per heavy atom. The molecule has 0 saturated carbocycles. The average Bonchev–Trinajstić information content (AvgIpc) is 3.01. The topological polar surface area (TPSA) is 77.2 Å². The van der Waals surface area contributed by atoms with Gasteiger partial charge in [-0.1, -0.05) is 30.3 Å². The molecule has 0 aliphatic rings. The number of thiazole rings is 1. The van der Waals surface area contributed by atoms with Gasteiger partial charge >= 0.3 is 0 Å². The lowest BCUT2D eigenvalue weighted by atomic mass is 10.1. The van der Waals surface area contributed by atoms with Crippen LogP contribution < -0.4 is 15.8 Å². The molecule has 0 unspecified atom stereocenters. The van der Waals surface area contributed by atoms with Crippen LogP contribution in [0, 0.1) is 0 Å². The Kier molecular flexibility index (Phi) is 4.54. The van der Waals surface area contributed by atoms with Gasteiger partial charge in [-0.25, -0.2) is 4.98 Å². The Hall–Kier alpha value is -2.86. The summed E-state index contributed by atoms with van der Waals surface area (Å²) >= 11 is 1.38. The number of ether oxygens (including phenoxy) is 1. The third-order valence-electron chi connectivity index (χ3n) is 3.08. The summed E-state index contributed by atoms with van der Waals surface area (Å²) in [4.78, 5) is 16.2. The molecule has 1 heterocycles. The Bertz CT molecular complexity index is 802. The SMILES string of the molecule is Nc1nc(-c2cccc(NC(=O)COc3ccccc3)c2)cs1. The molecule has 0 aliphatic heterocycles. The van der Waals surface area contributed by atoms with E-state index >= 15 is 0 Å². The van der Waals surface area contributed by atoms with Crippen LogP contribution >= 0.6 is 11.3 Å². The van der Waals surface area contributed by atoms with Gasteiger partial charge in [0, 0.05) is 16.6 Å². The second-order valence-electron chi connectivity index (χ2n) is 4.80. The van der Waals surface area contributed by atoms with Crippen LogP contribution in [-0.2, 0) is 4.79 Å². The fourth-order valence-electron chi connectivity index (χ4n) is 2.04. The summed E-state index contributed by atoms with van der Waals surface area (Å²) in [7, 11) is 0. The maximum absolute atomic E-state index is 12.0. The standard InChI is InChI=1S/C17H15N3O2S/c18-17-20-15(11-23-17)12-5-4-6-13(9-12)19-16(21)10-22-14-7-2-1-3-8-14/h1-9,11H,10H2,(H2,18,20)(H,19,21). The van der Waals surface area contributed by atoms with Crippen LogP contribution in [0.2, 0.25) is 0 Å². The van der Waals surface area contributed by atoms with Crippen molar-refractivity contribution in [2.24, 2.45) is 0 Å². The van der Waals surface area contributed by atoms with Crippen molar-refractivity contribution in [1.82, 2.24) is 4.98 Å². The molecule has 5 nitrogen and oxygen atoms in total. The Morgan fingerprint density at radius 2 is 2.00 bits per heavy atom. The zero-order chi connectivity index (χ0) is 16.1. The molecule has 0 fully saturated rings. The highest BCUT2D eigenvalue weighted by Crippen LogP contribution is 2.25. The Labute approximate surface area is 137 Å². The van der Waals surface area contributed by atoms with Gasteiger partial charge in [0.25, 0.3) is 5.91 Å². The van der Waals surface area contributed by atoms with E-state index in [-0.39, 0.29) is 12.5 Å². The highest BCUT2D eigenvalue weighted by molar-refractivity contribution is 7.13. The van der Waals surface area contributed by atoms with E-state index in [0.29, 0.717) is 16.6 Å². The van der Waals surface area contributed by atoms with Gasteiger partial charge in [0.15, 0.2) is 11.7 Å². The molecule has 116 valence electrons. The molecule has 0 radical (unpaired) electrons. The van der Waals surface area contributed by atoms with Crippen LogP contribution in [0.25, 0.3) is 11.3 Å². The highest BCUT2D eigenvalue weighted by atomic mass is 32.1. The van der Waals surface area contributed by atoms with Crippen molar-refractivity contribution in [2.75, 3.05) is 17.7 Å². The number of para-hydroxylation sites is 1. The molecule has 23 heavy (non-hydrogen) atoms. The van der Waals surface area contributed by atoms with E-state index < -0.39 is 0 Å². The fraction of sp³-hybridized carbons (Fsp3) is 0.0588. The van der Waals surface area contributed by atoms with Gasteiger partial charge in [-0.15, -0.1) is 11.3 Å². The summed E-state index contributed by atoms with van der Waals surface area (Å²) in [5.41, 5.74) is 8.04. The second kappa shape index (κ2) is 6.93. The molecule has 1 amide bonds. The quantitative estimate of drug-likeness (QED) is 0.753. The summed E-state index contributed by atoms with van der Waals surface area (Å²) in [6, 6.07) is 16.7. The minimum atomic E-state index is -0.219. The zero-order valence-corrected chi connectivity index (χ0v) is 13.0. The van der Waals surface area contributed by atoms with Crippen LogP contribution in [0.15, 0.2) is 60.0 Å². The van der Waals surface area contributed by atoms with Crippen molar-refractivity contribution in [3.8, 4) is 17.0 Å². The van der Waals surface area contributed by atoms with Crippen LogP contribution in [0.5, 0.6) is 5.75 Å². The number of nitrogen functional groups attached to an aromatic ring is 1. The summed E-state index contributed by atoms with van der Waals surface area (Å²) in [6.07, 6.45) is 0. The van der Waals surface area contributed by atoms with Crippen LogP contribution in [0.4, 0.5) is 10.8 Å². The molecule has 0 aliphatic carbocycles. The lowest BCUT2D eigenvalue weighted by Crippen LogP contribution is -2.20. The number of amides is 1. The number of rotatable bonds is 5. The molecule has 3 rings (SSSR count). The van der Waals surface area contributed by atoms with Crippen LogP contribution in [-0.4, -0.2) is 17.5 Å². The first-order valence-electron chi connectivity index (χ1n) is 7.00. The first-order valence-corrected chi connectivity index (χ1v) is 7.88. The van der Waals surface area contributed by atoms with Gasteiger partial charge in [0.05, 0.1) is 5.69 Å². The number of hydrogen-bond donors (Lipinski definition) is 2. The smallest absolute Gasteiger partial charge is 0.262 e. The molecular weight excluding hydrogens is 310 g/mol. The van der Waals surface area contributed by atoms with E-state index in [1.165, 1.54) is 11.3 Å². The fourth-order valence-corrected chi connectivity index (χ4v) is 2.61. The Balaban J connectivity index is 1.62. The van der Waals surface area contributed by atoms with Gasteiger partial charge in [-0.05, 0) is 24.3 Å². The number of nitrogens with zero attached hydrogens (tertiary/aromatic N) is 1. The van der Waals surface area contributed by atoms with Crippen molar-refractivity contribution in [2.45, 2.75) is 0 Å². The molecule has 0 bridgehead atoms. The monoisotopic (exact) mass is 325 g/mol. The normalized spacial score (nSPS) is 10.3. The third kappa shape index (κ3) is 4.08. The molecule has 3 N–H and O–H groups in total. The van der Waals surface area contributed by atoms with E-state index in [0.717, 1.165) is 11.3 Å². The zero-order valence-electron chi connectivity index (χ0n) is 12.2. The molecule has 0 saturated heterocycles. The number of carbonyl (C=O) groups excluding carboxylic acids is 1. The lowest BCUT2D eigenvalue weighted by Gasteiger charge is -2.08. The first-order chi connectivity index (χ1) is 11.2. The summed E-state index contributed by atoms with van der Waals surface area (Å²) < 4.78 is 5.42. The summed E-state index contributed by atoms with van der Waals surface area (Å²) in [6.45, 7) is -0.0438. The largest absolute Gasteiger partial charge is 0.484 e. The molecule has 0 spiro atoms. The number of hydrogen-bond acceptors (Lipinski definition) is 5. The molecule has 0 atom stereocenters. The predicted molar refractivity (Wildman–Crippen MR) is 92.5 cm³/mol. The van der Waals surface area contributed by atoms with Gasteiger partial charge in [-0.3, -0.25) is 4.79 Å². The number of nitrogens with two attached hydrogens (primary N) is 1. The van der Waals surface area contributed by atoms with E-state index in [1.807, 2.05) is 47.8 Å². The van der Waals surface area contributed by atoms with E-state index in [4.69, 9.17) is 10.5 Å². The maximum Gasteiger partial charge on any atom is 0.262 e. The maximum atomic E-state index is 12.0. The number of benzene rings is 2. The Morgan fingerprint density at radius 3 is 2.74 bits per heavy atom. The number of carbonyl (C=O) groups is 1. The van der Waals surface area contributed by atoms with E-state index in [2.05, 4.69) is 10.3 Å². The summed E-state index contributed by atoms with van der Waals surface area (Å²) in [5, 5.41) is 5.21. The van der Waals surface area contributed by atoms with Crippen LogP contribution in [0.1, 0.15) is 0 Å². The highest BCUT2D eigenvalue weighted by Gasteiger charge is 2.07. The first kappa shape index (κ1) is 15.1. The lowest BCUT2D eigenvalue weighted by molar-refractivity contribution is -0.118. The third-order valence-corrected chi connectivity index (χ3v) is 3.75. The number of anilines is 2. The molecule has 6 heteroatoms. The number of nitrogens with one attached hydrogen (secondary N) is 1. The van der Waals surface area contributed by atoms with Crippen LogP contribution in [0.3, 0.4) is 0 Å². The van der Waals surface area contributed by atoms with E-state index in [9.17, 15) is 4.79 Å². The summed E-state index contributed by atoms with van der Waals surface area (Å²) in [5.74, 6) is 0.443. The van der Waals surface area contributed by atoms with Crippen molar-refractivity contribution in [3.63, 3.8) is 0 Å². The van der Waals surface area contributed by atoms with E-state index in [1.54, 1.807) is 12.1 Å². The average molecular weight is 325 g/mol. The second-order valence-corrected chi connectivity index (χ2v) is 5.69. The minimum Gasteiger partial charge on any atom is -0.484 e.